The Morgan fingerprint density at radius 1 is 1.11 bits per heavy atom. The Bertz CT molecular complexity index is 858. The summed E-state index contributed by atoms with van der Waals surface area (Å²) in [5.74, 6) is -0.482. The normalized spacial score (nSPS) is 21.6. The van der Waals surface area contributed by atoms with Crippen molar-refractivity contribution >= 4 is 17.5 Å². The predicted molar refractivity (Wildman–Crippen MR) is 89.6 cm³/mol. The van der Waals surface area contributed by atoms with E-state index in [1.807, 2.05) is 4.90 Å². The van der Waals surface area contributed by atoms with Crippen LogP contribution in [0.1, 0.15) is 22.5 Å². The van der Waals surface area contributed by atoms with Gasteiger partial charge in [-0.25, -0.2) is 15.4 Å². The van der Waals surface area contributed by atoms with Gasteiger partial charge >= 0.3 is 6.18 Å². The number of rotatable bonds is 3. The largest absolute Gasteiger partial charge is 0.433 e. The van der Waals surface area contributed by atoms with Gasteiger partial charge in [-0.3, -0.25) is 10.0 Å². The van der Waals surface area contributed by atoms with Crippen molar-refractivity contribution in [1.82, 2.24) is 15.4 Å². The van der Waals surface area contributed by atoms with Crippen LogP contribution in [0.4, 0.5) is 24.8 Å². The zero-order valence-electron chi connectivity index (χ0n) is 14.0. The molecule has 4 rings (SSSR count). The van der Waals surface area contributed by atoms with E-state index in [1.54, 1.807) is 29.7 Å². The maximum Gasteiger partial charge on any atom is 0.433 e. The zero-order valence-corrected chi connectivity index (χ0v) is 14.0. The molecule has 0 aliphatic carbocycles. The highest BCUT2D eigenvalue weighted by molar-refractivity contribution is 5.93. The third-order valence-corrected chi connectivity index (χ3v) is 4.99. The number of hydrogen-bond acceptors (Lipinski definition) is 6. The second kappa shape index (κ2) is 6.38. The molecule has 2 aliphatic heterocycles. The van der Waals surface area contributed by atoms with Crippen LogP contribution in [0.15, 0.2) is 36.5 Å². The molecule has 3 heterocycles. The van der Waals surface area contributed by atoms with Crippen LogP contribution < -0.4 is 15.3 Å². The predicted octanol–water partition coefficient (Wildman–Crippen LogP) is 2.08. The molecule has 0 spiro atoms. The molecule has 2 saturated heterocycles. The first-order chi connectivity index (χ1) is 12.9. The minimum absolute atomic E-state index is 0.0268. The van der Waals surface area contributed by atoms with Gasteiger partial charge in [0.25, 0.3) is 5.91 Å². The summed E-state index contributed by atoms with van der Waals surface area (Å²) in [4.78, 5) is 23.1. The highest BCUT2D eigenvalue weighted by atomic mass is 19.4. The fourth-order valence-electron chi connectivity index (χ4n) is 3.74. The summed E-state index contributed by atoms with van der Waals surface area (Å²) in [6, 6.07) is 7.83. The highest BCUT2D eigenvalue weighted by Gasteiger charge is 2.45. The minimum atomic E-state index is -4.49. The number of hydrogen-bond donors (Lipinski definition) is 2. The molecule has 1 aromatic carbocycles. The fourth-order valence-corrected chi connectivity index (χ4v) is 3.74. The number of halogens is 3. The summed E-state index contributed by atoms with van der Waals surface area (Å²) in [7, 11) is 0. The molecule has 2 atom stereocenters. The van der Waals surface area contributed by atoms with E-state index in [-0.39, 0.29) is 18.0 Å². The number of nitrogens with one attached hydrogen (secondary N) is 1. The van der Waals surface area contributed by atoms with E-state index in [2.05, 4.69) is 14.9 Å². The zero-order chi connectivity index (χ0) is 19.2. The molecule has 2 bridgehead atoms. The van der Waals surface area contributed by atoms with Crippen molar-refractivity contribution in [1.29, 1.82) is 0 Å². The molecule has 1 aromatic heterocycles. The fraction of sp³-hybridized carbons (Fsp3) is 0.353. The Hall–Kier alpha value is -2.88. The average Bonchev–Trinajstić information content (AvgIpc) is 3.28. The smallest absolute Gasteiger partial charge is 0.365 e. The molecule has 2 aromatic rings. The lowest BCUT2D eigenvalue weighted by Gasteiger charge is -2.35. The lowest BCUT2D eigenvalue weighted by atomic mass is 10.1. The number of carbonyl (C=O) groups excluding carboxylic acids is 1. The monoisotopic (exact) mass is 379 g/mol. The first kappa shape index (κ1) is 17.5. The van der Waals surface area contributed by atoms with Gasteiger partial charge in [0.15, 0.2) is 0 Å². The van der Waals surface area contributed by atoms with Crippen molar-refractivity contribution in [2.75, 3.05) is 22.9 Å². The van der Waals surface area contributed by atoms with Crippen LogP contribution in [0, 0.1) is 0 Å². The van der Waals surface area contributed by atoms with Gasteiger partial charge in [0.2, 0.25) is 5.95 Å². The van der Waals surface area contributed by atoms with Gasteiger partial charge < -0.3 is 9.80 Å². The quantitative estimate of drug-likeness (QED) is 0.628. The van der Waals surface area contributed by atoms with Crippen LogP contribution in [0.2, 0.25) is 0 Å². The van der Waals surface area contributed by atoms with Crippen LogP contribution in [-0.2, 0) is 6.18 Å². The molecule has 2 aliphatic rings. The number of benzene rings is 1. The Balaban J connectivity index is 1.49. The lowest BCUT2D eigenvalue weighted by Crippen LogP contribution is -2.47. The molecule has 1 amide bonds. The highest BCUT2D eigenvalue weighted by Crippen LogP contribution is 2.37. The van der Waals surface area contributed by atoms with Crippen LogP contribution in [-0.4, -0.2) is 46.3 Å². The Morgan fingerprint density at radius 2 is 1.78 bits per heavy atom. The van der Waals surface area contributed by atoms with Crippen LogP contribution in [0.3, 0.4) is 0 Å². The number of nitrogens with zero attached hydrogens (tertiary/aromatic N) is 4. The number of alkyl halides is 3. The average molecular weight is 379 g/mol. The number of carbonyl (C=O) groups is 1. The van der Waals surface area contributed by atoms with Gasteiger partial charge in [-0.15, -0.1) is 0 Å². The number of fused-ring (bicyclic) bond motifs is 2. The molecule has 10 heteroatoms. The summed E-state index contributed by atoms with van der Waals surface area (Å²) in [5, 5.41) is 8.66. The molecule has 27 heavy (non-hydrogen) atoms. The van der Waals surface area contributed by atoms with Gasteiger partial charge in [0.1, 0.15) is 5.69 Å². The Labute approximate surface area is 152 Å². The number of hydroxylamine groups is 1. The van der Waals surface area contributed by atoms with E-state index < -0.39 is 17.8 Å². The molecule has 2 unspecified atom stereocenters. The van der Waals surface area contributed by atoms with Crippen LogP contribution in [0.25, 0.3) is 0 Å². The van der Waals surface area contributed by atoms with Crippen molar-refractivity contribution in [3.05, 3.63) is 47.8 Å². The van der Waals surface area contributed by atoms with E-state index in [4.69, 9.17) is 5.21 Å². The first-order valence-electron chi connectivity index (χ1n) is 8.35. The molecule has 142 valence electrons. The number of aromatic nitrogens is 2. The summed E-state index contributed by atoms with van der Waals surface area (Å²) >= 11 is 0. The topological polar surface area (TPSA) is 81.6 Å². The third-order valence-electron chi connectivity index (χ3n) is 4.99. The second-order valence-electron chi connectivity index (χ2n) is 6.58. The molecular formula is C17H16F3N5O2. The molecule has 2 fully saturated rings. The van der Waals surface area contributed by atoms with Crippen LogP contribution in [0.5, 0.6) is 0 Å². The van der Waals surface area contributed by atoms with E-state index in [0.717, 1.165) is 24.4 Å². The maximum atomic E-state index is 12.9. The molecule has 2 N–H and O–H groups in total. The molecular weight excluding hydrogens is 363 g/mol. The molecule has 0 radical (unpaired) electrons. The van der Waals surface area contributed by atoms with Gasteiger partial charge in [-0.05, 0) is 36.8 Å². The van der Waals surface area contributed by atoms with Crippen molar-refractivity contribution in [3.63, 3.8) is 0 Å². The Morgan fingerprint density at radius 3 is 2.37 bits per heavy atom. The standard InChI is InChI=1S/C17H16F3N5O2/c18-17(19,20)14-5-6-21-16(22-14)25-9-12-7-13(25)8-24(12)11-3-1-10(2-4-11)15(26)23-27/h1-6,12-13,27H,7-9H2,(H,23,26). The van der Waals surface area contributed by atoms with E-state index in [9.17, 15) is 18.0 Å². The van der Waals surface area contributed by atoms with E-state index in [1.165, 1.54) is 0 Å². The lowest BCUT2D eigenvalue weighted by molar-refractivity contribution is -0.141. The number of piperazine rings is 1. The van der Waals surface area contributed by atoms with Gasteiger partial charge in [-0.1, -0.05) is 0 Å². The molecule has 0 saturated carbocycles. The Kier molecular flexibility index (Phi) is 4.14. The summed E-state index contributed by atoms with van der Waals surface area (Å²) in [6.07, 6.45) is -2.55. The first-order valence-corrected chi connectivity index (χ1v) is 8.35. The van der Waals surface area contributed by atoms with Gasteiger partial charge in [-0.2, -0.15) is 13.2 Å². The van der Waals surface area contributed by atoms with Crippen molar-refractivity contribution in [2.24, 2.45) is 0 Å². The SMILES string of the molecule is O=C(NO)c1ccc(N2CC3CC2CN3c2nccc(C(F)(F)F)n2)cc1. The van der Waals surface area contributed by atoms with E-state index >= 15 is 0 Å². The number of anilines is 2. The second-order valence-corrected chi connectivity index (χ2v) is 6.58. The third kappa shape index (κ3) is 3.16. The van der Waals surface area contributed by atoms with Gasteiger partial charge in [0.05, 0.1) is 6.04 Å². The minimum Gasteiger partial charge on any atom is -0.365 e. The summed E-state index contributed by atoms with van der Waals surface area (Å²) in [5.41, 5.74) is 1.90. The summed E-state index contributed by atoms with van der Waals surface area (Å²) in [6.45, 7) is 1.17. The van der Waals surface area contributed by atoms with Crippen molar-refractivity contribution in [2.45, 2.75) is 24.7 Å². The number of amides is 1. The van der Waals surface area contributed by atoms with Gasteiger partial charge in [0, 0.05) is 36.6 Å². The van der Waals surface area contributed by atoms with Crippen molar-refractivity contribution < 1.29 is 23.2 Å². The van der Waals surface area contributed by atoms with Crippen LogP contribution >= 0.6 is 0 Å². The summed E-state index contributed by atoms with van der Waals surface area (Å²) < 4.78 is 38.6. The molecule has 7 nitrogen and oxygen atoms in total. The van der Waals surface area contributed by atoms with E-state index in [0.29, 0.717) is 18.7 Å². The maximum absolute atomic E-state index is 12.9. The van der Waals surface area contributed by atoms with Crippen molar-refractivity contribution in [3.8, 4) is 0 Å².